The second-order valence-electron chi connectivity index (χ2n) is 5.15. The fourth-order valence-electron chi connectivity index (χ4n) is 2.46. The summed E-state index contributed by atoms with van der Waals surface area (Å²) in [6.45, 7) is -0.460. The molecule has 0 saturated carbocycles. The van der Waals surface area contributed by atoms with Gasteiger partial charge in [0.25, 0.3) is 5.56 Å². The minimum Gasteiger partial charge on any atom is -0.495 e. The van der Waals surface area contributed by atoms with Crippen molar-refractivity contribution in [1.29, 1.82) is 0 Å². The van der Waals surface area contributed by atoms with Crippen LogP contribution in [0.3, 0.4) is 0 Å². The number of nitrogens with zero attached hydrogens (tertiary/aromatic N) is 2. The van der Waals surface area contributed by atoms with Gasteiger partial charge in [0.15, 0.2) is 11.4 Å². The molecule has 0 atom stereocenters. The molecule has 1 aromatic carbocycles. The number of hydrogen-bond acceptors (Lipinski definition) is 6. The monoisotopic (exact) mass is 361 g/mol. The van der Waals surface area contributed by atoms with Gasteiger partial charge in [-0.1, -0.05) is 11.6 Å². The first-order chi connectivity index (χ1) is 12.1. The molecular weight excluding hydrogens is 346 g/mol. The van der Waals surface area contributed by atoms with E-state index < -0.39 is 6.61 Å². The summed E-state index contributed by atoms with van der Waals surface area (Å²) in [6.07, 6.45) is 1.57. The smallest absolute Gasteiger partial charge is 0.265 e. The van der Waals surface area contributed by atoms with Crippen LogP contribution >= 0.6 is 11.6 Å². The van der Waals surface area contributed by atoms with E-state index in [9.17, 15) is 9.90 Å². The zero-order chi connectivity index (χ0) is 18.0. The average Bonchev–Trinajstić information content (AvgIpc) is 2.62. The molecular formula is C17H16ClN3O4. The number of anilines is 2. The lowest BCUT2D eigenvalue weighted by atomic mass is 10.2. The van der Waals surface area contributed by atoms with Gasteiger partial charge in [-0.3, -0.25) is 9.20 Å². The van der Waals surface area contributed by atoms with Crippen molar-refractivity contribution < 1.29 is 14.6 Å². The van der Waals surface area contributed by atoms with Gasteiger partial charge in [0.05, 0.1) is 31.4 Å². The topological polar surface area (TPSA) is 85.1 Å². The standard InChI is InChI=1S/C17H16ClN3O4/c1-24-13-6-5-10(8-12(13)18)19-15-11(9-22)17(23)21-7-3-4-14(25-2)16(21)20-15/h3-8,19,22H,9H2,1-2H3. The van der Waals surface area contributed by atoms with Gasteiger partial charge >= 0.3 is 0 Å². The molecule has 0 amide bonds. The van der Waals surface area contributed by atoms with E-state index in [-0.39, 0.29) is 16.9 Å². The largest absolute Gasteiger partial charge is 0.495 e. The van der Waals surface area contributed by atoms with E-state index >= 15 is 0 Å². The lowest BCUT2D eigenvalue weighted by Gasteiger charge is -2.13. The minimum absolute atomic E-state index is 0.137. The zero-order valence-electron chi connectivity index (χ0n) is 13.6. The Balaban J connectivity index is 2.15. The Kier molecular flexibility index (Phi) is 4.78. The predicted molar refractivity (Wildman–Crippen MR) is 95.2 cm³/mol. The maximum Gasteiger partial charge on any atom is 0.265 e. The van der Waals surface area contributed by atoms with Crippen molar-refractivity contribution in [3.05, 3.63) is 57.5 Å². The number of hydrogen-bond donors (Lipinski definition) is 2. The summed E-state index contributed by atoms with van der Waals surface area (Å²) in [6, 6.07) is 8.45. The quantitative estimate of drug-likeness (QED) is 0.726. The number of benzene rings is 1. The summed E-state index contributed by atoms with van der Waals surface area (Å²) in [5.41, 5.74) is 0.701. The molecule has 8 heteroatoms. The fourth-order valence-corrected chi connectivity index (χ4v) is 2.72. The third-order valence-electron chi connectivity index (χ3n) is 3.70. The van der Waals surface area contributed by atoms with E-state index in [1.165, 1.54) is 18.6 Å². The van der Waals surface area contributed by atoms with Crippen LogP contribution in [0.25, 0.3) is 5.65 Å². The van der Waals surface area contributed by atoms with Crippen molar-refractivity contribution in [3.63, 3.8) is 0 Å². The maximum atomic E-state index is 12.6. The summed E-state index contributed by atoms with van der Waals surface area (Å²) in [5.74, 6) is 1.21. The van der Waals surface area contributed by atoms with Crippen LogP contribution < -0.4 is 20.3 Å². The van der Waals surface area contributed by atoms with E-state index in [2.05, 4.69) is 10.3 Å². The van der Waals surface area contributed by atoms with Gasteiger partial charge in [0.2, 0.25) is 0 Å². The fraction of sp³-hybridized carbons (Fsp3) is 0.176. The van der Waals surface area contributed by atoms with E-state index in [4.69, 9.17) is 21.1 Å². The summed E-state index contributed by atoms with van der Waals surface area (Å²) in [7, 11) is 3.02. The molecule has 0 aliphatic rings. The van der Waals surface area contributed by atoms with Crippen LogP contribution in [-0.4, -0.2) is 28.7 Å². The van der Waals surface area contributed by atoms with Gasteiger partial charge in [-0.05, 0) is 30.3 Å². The Morgan fingerprint density at radius 1 is 1.24 bits per heavy atom. The highest BCUT2D eigenvalue weighted by Gasteiger charge is 2.15. The number of rotatable bonds is 5. The van der Waals surface area contributed by atoms with Crippen molar-refractivity contribution in [3.8, 4) is 11.5 Å². The molecule has 0 radical (unpaired) electrons. The van der Waals surface area contributed by atoms with Gasteiger partial charge in [0.1, 0.15) is 11.6 Å². The third-order valence-corrected chi connectivity index (χ3v) is 4.00. The van der Waals surface area contributed by atoms with Crippen LogP contribution in [0.1, 0.15) is 5.56 Å². The van der Waals surface area contributed by atoms with Crippen molar-refractivity contribution in [2.75, 3.05) is 19.5 Å². The normalized spacial score (nSPS) is 10.7. The highest BCUT2D eigenvalue weighted by Crippen LogP contribution is 2.29. The first kappa shape index (κ1) is 17.1. The molecule has 2 aromatic heterocycles. The molecule has 2 heterocycles. The molecule has 2 N–H and O–H groups in total. The number of aromatic nitrogens is 2. The zero-order valence-corrected chi connectivity index (χ0v) is 14.4. The number of methoxy groups -OCH3 is 2. The SMILES string of the molecule is COc1ccc(Nc2nc3c(OC)cccn3c(=O)c2CO)cc1Cl. The first-order valence-electron chi connectivity index (χ1n) is 7.38. The number of ether oxygens (including phenoxy) is 2. The number of aliphatic hydroxyl groups is 1. The molecule has 130 valence electrons. The minimum atomic E-state index is -0.460. The van der Waals surface area contributed by atoms with Crippen LogP contribution in [0.4, 0.5) is 11.5 Å². The molecule has 0 bridgehead atoms. The molecule has 0 saturated heterocycles. The predicted octanol–water partition coefficient (Wildman–Crippen LogP) is 2.60. The van der Waals surface area contributed by atoms with E-state index in [1.54, 1.807) is 36.5 Å². The van der Waals surface area contributed by atoms with E-state index in [1.807, 2.05) is 0 Å². The Morgan fingerprint density at radius 2 is 2.00 bits per heavy atom. The second-order valence-corrected chi connectivity index (χ2v) is 5.55. The average molecular weight is 362 g/mol. The van der Waals surface area contributed by atoms with Crippen molar-refractivity contribution in [2.24, 2.45) is 0 Å². The Hall–Kier alpha value is -2.77. The van der Waals surface area contributed by atoms with Gasteiger partial charge < -0.3 is 19.9 Å². The lowest BCUT2D eigenvalue weighted by molar-refractivity contribution is 0.280. The molecule has 0 spiro atoms. The van der Waals surface area contributed by atoms with Crippen LogP contribution in [0.15, 0.2) is 41.3 Å². The summed E-state index contributed by atoms with van der Waals surface area (Å²) < 4.78 is 11.7. The molecule has 0 fully saturated rings. The number of nitrogens with one attached hydrogen (secondary N) is 1. The van der Waals surface area contributed by atoms with Crippen molar-refractivity contribution in [1.82, 2.24) is 9.38 Å². The van der Waals surface area contributed by atoms with Crippen LogP contribution in [0.2, 0.25) is 5.02 Å². The van der Waals surface area contributed by atoms with Gasteiger partial charge in [0, 0.05) is 11.9 Å². The molecule has 0 aliphatic heterocycles. The highest BCUT2D eigenvalue weighted by atomic mass is 35.5. The van der Waals surface area contributed by atoms with Gasteiger partial charge in [-0.25, -0.2) is 4.98 Å². The number of aliphatic hydroxyl groups excluding tert-OH is 1. The lowest BCUT2D eigenvalue weighted by Crippen LogP contribution is -2.22. The van der Waals surface area contributed by atoms with E-state index in [0.29, 0.717) is 27.9 Å². The summed E-state index contributed by atoms with van der Waals surface area (Å²) in [5, 5.41) is 13.1. The summed E-state index contributed by atoms with van der Waals surface area (Å²) >= 11 is 6.12. The Morgan fingerprint density at radius 3 is 2.64 bits per heavy atom. The Bertz CT molecular complexity index is 988. The number of pyridine rings is 1. The molecule has 0 aliphatic carbocycles. The summed E-state index contributed by atoms with van der Waals surface area (Å²) in [4.78, 5) is 17.1. The molecule has 0 unspecified atom stereocenters. The van der Waals surface area contributed by atoms with Crippen LogP contribution in [-0.2, 0) is 6.61 Å². The third kappa shape index (κ3) is 3.11. The first-order valence-corrected chi connectivity index (χ1v) is 7.76. The van der Waals surface area contributed by atoms with Crippen LogP contribution in [0, 0.1) is 0 Å². The molecule has 7 nitrogen and oxygen atoms in total. The molecule has 25 heavy (non-hydrogen) atoms. The second kappa shape index (κ2) is 7.00. The molecule has 3 aromatic rings. The van der Waals surface area contributed by atoms with Gasteiger partial charge in [-0.15, -0.1) is 0 Å². The maximum absolute atomic E-state index is 12.6. The Labute approximate surface area is 148 Å². The highest BCUT2D eigenvalue weighted by molar-refractivity contribution is 6.32. The molecule has 3 rings (SSSR count). The number of halogens is 1. The van der Waals surface area contributed by atoms with Crippen LogP contribution in [0.5, 0.6) is 11.5 Å². The van der Waals surface area contributed by atoms with E-state index in [0.717, 1.165) is 0 Å². The van der Waals surface area contributed by atoms with Gasteiger partial charge in [-0.2, -0.15) is 0 Å². The van der Waals surface area contributed by atoms with Crippen molar-refractivity contribution in [2.45, 2.75) is 6.61 Å². The number of fused-ring (bicyclic) bond motifs is 1. The van der Waals surface area contributed by atoms with Crippen molar-refractivity contribution >= 4 is 28.8 Å².